The lowest BCUT2D eigenvalue weighted by Crippen LogP contribution is -1.90. The van der Waals surface area contributed by atoms with Gasteiger partial charge in [-0.15, -0.1) is 0 Å². The van der Waals surface area contributed by atoms with Gasteiger partial charge in [0.05, 0.1) is 0 Å². The summed E-state index contributed by atoms with van der Waals surface area (Å²) in [7, 11) is 0. The average molecular weight is 613 g/mol. The van der Waals surface area contributed by atoms with Gasteiger partial charge in [0.1, 0.15) is 11.3 Å². The van der Waals surface area contributed by atoms with E-state index in [1.165, 1.54) is 43.8 Å². The first-order chi connectivity index (χ1) is 23.8. The molecule has 0 saturated heterocycles. The number of para-hydroxylation sites is 1. The highest BCUT2D eigenvalue weighted by atomic mass is 16.4. The van der Waals surface area contributed by atoms with Crippen LogP contribution in [-0.4, -0.2) is 0 Å². The van der Waals surface area contributed by atoms with Gasteiger partial charge in [-0.1, -0.05) is 152 Å². The van der Waals surface area contributed by atoms with Crippen molar-refractivity contribution in [2.75, 3.05) is 0 Å². The quantitative estimate of drug-likeness (QED) is 0.185. The zero-order chi connectivity index (χ0) is 31.6. The molecule has 0 saturated carbocycles. The zero-order valence-electron chi connectivity index (χ0n) is 26.0. The highest BCUT2D eigenvalue weighted by Crippen LogP contribution is 2.47. The molecule has 0 N–H and O–H groups in total. The van der Waals surface area contributed by atoms with E-state index in [1.807, 2.05) is 18.2 Å². The van der Waals surface area contributed by atoms with Crippen LogP contribution in [0.5, 0.6) is 0 Å². The molecular weight excluding hydrogens is 585 g/mol. The standard InChI is InChI=1S/C46H28O2/c1-3-13-29(14-4-1)41-34-18-7-9-20-36(34)42(37-21-10-8-19-35(37)41)31-23-25-32(26-24-31)44-43(30-15-5-2-6-16-30)39-28-27-38-33-17-11-12-22-40(33)47-45(38)46(39)48-44/h1-28H. The Balaban J connectivity index is 1.20. The Bertz CT molecular complexity index is 2750. The van der Waals surface area contributed by atoms with Gasteiger partial charge in [-0.05, 0) is 67.6 Å². The number of rotatable bonds is 4. The molecule has 2 nitrogen and oxygen atoms in total. The fourth-order valence-electron chi connectivity index (χ4n) is 7.58. The van der Waals surface area contributed by atoms with Crippen LogP contribution in [0.3, 0.4) is 0 Å². The van der Waals surface area contributed by atoms with Crippen LogP contribution in [0.1, 0.15) is 0 Å². The van der Waals surface area contributed by atoms with Crippen molar-refractivity contribution in [3.8, 4) is 44.7 Å². The molecular formula is C46H28O2. The largest absolute Gasteiger partial charge is 0.452 e. The highest BCUT2D eigenvalue weighted by Gasteiger charge is 2.23. The van der Waals surface area contributed by atoms with Crippen molar-refractivity contribution in [1.82, 2.24) is 0 Å². The van der Waals surface area contributed by atoms with Gasteiger partial charge < -0.3 is 8.83 Å². The number of hydrogen-bond donors (Lipinski definition) is 0. The number of fused-ring (bicyclic) bond motifs is 7. The van der Waals surface area contributed by atoms with Crippen molar-refractivity contribution in [2.24, 2.45) is 0 Å². The summed E-state index contributed by atoms with van der Waals surface area (Å²) < 4.78 is 13.3. The Morgan fingerprint density at radius 1 is 0.250 bits per heavy atom. The van der Waals surface area contributed by atoms with Crippen LogP contribution in [0.15, 0.2) is 179 Å². The van der Waals surface area contributed by atoms with Crippen LogP contribution in [0, 0.1) is 0 Å². The summed E-state index contributed by atoms with van der Waals surface area (Å²) >= 11 is 0. The van der Waals surface area contributed by atoms with Crippen molar-refractivity contribution in [2.45, 2.75) is 0 Å². The molecule has 0 atom stereocenters. The van der Waals surface area contributed by atoms with Crippen LogP contribution in [0.25, 0.3) is 99.2 Å². The summed E-state index contributed by atoms with van der Waals surface area (Å²) in [6.45, 7) is 0. The Morgan fingerprint density at radius 3 is 1.25 bits per heavy atom. The molecule has 0 fully saturated rings. The van der Waals surface area contributed by atoms with Gasteiger partial charge in [0.25, 0.3) is 0 Å². The minimum Gasteiger partial charge on any atom is -0.452 e. The van der Waals surface area contributed by atoms with E-state index in [1.54, 1.807) is 0 Å². The van der Waals surface area contributed by atoms with Gasteiger partial charge in [0, 0.05) is 27.3 Å². The minimum atomic E-state index is 0.773. The Labute approximate surface area is 277 Å². The molecule has 0 radical (unpaired) electrons. The molecule has 2 aromatic heterocycles. The van der Waals surface area contributed by atoms with E-state index in [2.05, 4.69) is 152 Å². The summed E-state index contributed by atoms with van der Waals surface area (Å²) in [5, 5.41) is 8.18. The molecule has 0 aliphatic heterocycles. The summed E-state index contributed by atoms with van der Waals surface area (Å²) in [6, 6.07) is 60.2. The summed E-state index contributed by atoms with van der Waals surface area (Å²) in [4.78, 5) is 0. The lowest BCUT2D eigenvalue weighted by Gasteiger charge is -2.17. The molecule has 0 spiro atoms. The maximum Gasteiger partial charge on any atom is 0.178 e. The number of benzene rings is 8. The molecule has 8 aromatic carbocycles. The highest BCUT2D eigenvalue weighted by molar-refractivity contribution is 6.21. The van der Waals surface area contributed by atoms with Crippen LogP contribution in [0.2, 0.25) is 0 Å². The van der Waals surface area contributed by atoms with Gasteiger partial charge in [0.2, 0.25) is 0 Å². The van der Waals surface area contributed by atoms with E-state index >= 15 is 0 Å². The molecule has 0 unspecified atom stereocenters. The van der Waals surface area contributed by atoms with Gasteiger partial charge in [-0.3, -0.25) is 0 Å². The first kappa shape index (κ1) is 26.8. The normalized spacial score (nSPS) is 11.8. The fourth-order valence-corrected chi connectivity index (χ4v) is 7.58. The third-order valence-corrected chi connectivity index (χ3v) is 9.69. The maximum absolute atomic E-state index is 6.84. The van der Waals surface area contributed by atoms with E-state index in [-0.39, 0.29) is 0 Å². The smallest absolute Gasteiger partial charge is 0.178 e. The third-order valence-electron chi connectivity index (χ3n) is 9.69. The second-order valence-electron chi connectivity index (χ2n) is 12.4. The van der Waals surface area contributed by atoms with E-state index < -0.39 is 0 Å². The molecule has 2 heteroatoms. The van der Waals surface area contributed by atoms with Crippen LogP contribution < -0.4 is 0 Å². The molecule has 0 bridgehead atoms. The van der Waals surface area contributed by atoms with Crippen LogP contribution in [-0.2, 0) is 0 Å². The summed E-state index contributed by atoms with van der Waals surface area (Å²) in [5.74, 6) is 0.838. The maximum atomic E-state index is 6.84. The molecule has 0 aliphatic carbocycles. The molecule has 224 valence electrons. The predicted molar refractivity (Wildman–Crippen MR) is 200 cm³/mol. The van der Waals surface area contributed by atoms with E-state index in [9.17, 15) is 0 Å². The fraction of sp³-hybridized carbons (Fsp3) is 0. The number of hydrogen-bond acceptors (Lipinski definition) is 2. The number of furan rings is 2. The first-order valence-corrected chi connectivity index (χ1v) is 16.4. The van der Waals surface area contributed by atoms with E-state index in [0.717, 1.165) is 55.4 Å². The third kappa shape index (κ3) is 4.00. The van der Waals surface area contributed by atoms with Gasteiger partial charge in [0.15, 0.2) is 11.2 Å². The molecule has 2 heterocycles. The second kappa shape index (κ2) is 10.6. The van der Waals surface area contributed by atoms with Gasteiger partial charge in [-0.25, -0.2) is 0 Å². The zero-order valence-corrected chi connectivity index (χ0v) is 26.0. The van der Waals surface area contributed by atoms with Crippen LogP contribution in [0.4, 0.5) is 0 Å². The predicted octanol–water partition coefficient (Wildman–Crippen LogP) is 13.3. The van der Waals surface area contributed by atoms with Crippen molar-refractivity contribution in [1.29, 1.82) is 0 Å². The molecule has 10 aromatic rings. The lowest BCUT2D eigenvalue weighted by molar-refractivity contribution is 0.612. The van der Waals surface area contributed by atoms with Gasteiger partial charge in [-0.2, -0.15) is 0 Å². The van der Waals surface area contributed by atoms with Crippen molar-refractivity contribution >= 4 is 54.5 Å². The van der Waals surface area contributed by atoms with Crippen molar-refractivity contribution in [3.63, 3.8) is 0 Å². The first-order valence-electron chi connectivity index (χ1n) is 16.4. The summed E-state index contributed by atoms with van der Waals surface area (Å²) in [5.41, 5.74) is 10.5. The Hall–Kier alpha value is -6.38. The molecule has 48 heavy (non-hydrogen) atoms. The van der Waals surface area contributed by atoms with Crippen molar-refractivity contribution in [3.05, 3.63) is 170 Å². The SMILES string of the molecule is c1ccc(-c2c3ccccc3c(-c3ccc(-c4oc5c(ccc6c7ccccc7oc65)c4-c4ccccc4)cc3)c3ccccc23)cc1. The molecule has 10 rings (SSSR count). The van der Waals surface area contributed by atoms with Crippen LogP contribution >= 0.6 is 0 Å². The Morgan fingerprint density at radius 2 is 0.667 bits per heavy atom. The van der Waals surface area contributed by atoms with E-state index in [0.29, 0.717) is 0 Å². The van der Waals surface area contributed by atoms with Crippen molar-refractivity contribution < 1.29 is 8.83 Å². The summed E-state index contributed by atoms with van der Waals surface area (Å²) in [6.07, 6.45) is 0. The topological polar surface area (TPSA) is 26.3 Å². The average Bonchev–Trinajstić information content (AvgIpc) is 3.74. The Kier molecular flexibility index (Phi) is 5.91. The second-order valence-corrected chi connectivity index (χ2v) is 12.4. The monoisotopic (exact) mass is 612 g/mol. The molecule has 0 amide bonds. The molecule has 0 aliphatic rings. The van der Waals surface area contributed by atoms with Gasteiger partial charge >= 0.3 is 0 Å². The minimum absolute atomic E-state index is 0.773. The lowest BCUT2D eigenvalue weighted by atomic mass is 9.86. The van der Waals surface area contributed by atoms with E-state index in [4.69, 9.17) is 8.83 Å².